The summed E-state index contributed by atoms with van der Waals surface area (Å²) in [7, 11) is 1.70. The molecule has 0 spiro atoms. The minimum atomic E-state index is -0.390. The van der Waals surface area contributed by atoms with E-state index in [0.717, 1.165) is 12.0 Å². The molecular weight excluding hydrogens is 312 g/mol. The highest BCUT2D eigenvalue weighted by molar-refractivity contribution is 7.11. The van der Waals surface area contributed by atoms with Crippen LogP contribution in [0.5, 0.6) is 0 Å². The van der Waals surface area contributed by atoms with Crippen molar-refractivity contribution in [2.24, 2.45) is 4.99 Å². The predicted molar refractivity (Wildman–Crippen MR) is 93.8 cm³/mol. The molecule has 23 heavy (non-hydrogen) atoms. The second-order valence-corrected chi connectivity index (χ2v) is 6.18. The molecule has 0 unspecified atom stereocenters. The third-order valence-electron chi connectivity index (χ3n) is 3.30. The van der Waals surface area contributed by atoms with Crippen LogP contribution < -0.4 is 10.6 Å². The second-order valence-electron chi connectivity index (χ2n) is 4.93. The van der Waals surface area contributed by atoms with Gasteiger partial charge in [0.1, 0.15) is 0 Å². The molecule has 0 fully saturated rings. The van der Waals surface area contributed by atoms with Crippen molar-refractivity contribution in [1.29, 1.82) is 0 Å². The van der Waals surface area contributed by atoms with Gasteiger partial charge in [-0.3, -0.25) is 15.1 Å². The number of benzene rings is 1. The lowest BCUT2D eigenvalue weighted by atomic mass is 10.2. The maximum absolute atomic E-state index is 10.8. The third kappa shape index (κ3) is 5.07. The van der Waals surface area contributed by atoms with E-state index in [1.165, 1.54) is 15.8 Å². The molecule has 0 aliphatic carbocycles. The summed E-state index contributed by atoms with van der Waals surface area (Å²) in [6, 6.07) is 10.8. The average Bonchev–Trinajstić information content (AvgIpc) is 3.03. The van der Waals surface area contributed by atoms with E-state index in [4.69, 9.17) is 0 Å². The van der Waals surface area contributed by atoms with Crippen LogP contribution in [0.4, 0.5) is 5.69 Å². The van der Waals surface area contributed by atoms with E-state index < -0.39 is 4.92 Å². The normalized spacial score (nSPS) is 11.3. The molecule has 2 aromatic rings. The van der Waals surface area contributed by atoms with Crippen molar-refractivity contribution >= 4 is 23.0 Å². The van der Waals surface area contributed by atoms with Crippen LogP contribution in [0.3, 0.4) is 0 Å². The van der Waals surface area contributed by atoms with Gasteiger partial charge in [0, 0.05) is 35.5 Å². The van der Waals surface area contributed by atoms with E-state index in [0.29, 0.717) is 19.0 Å². The molecule has 0 amide bonds. The number of hydrogen-bond acceptors (Lipinski definition) is 4. The molecule has 2 rings (SSSR count). The van der Waals surface area contributed by atoms with Gasteiger partial charge in [-0.15, -0.1) is 11.3 Å². The Bertz CT molecular complexity index is 697. The lowest BCUT2D eigenvalue weighted by Crippen LogP contribution is -2.36. The highest BCUT2D eigenvalue weighted by Gasteiger charge is 2.06. The van der Waals surface area contributed by atoms with Gasteiger partial charge in [-0.25, -0.2) is 0 Å². The standard InChI is InChI=1S/C16H20N4O2S/c1-3-14-7-8-15(23-14)11-19-16(17-2)18-10-12-5-4-6-13(9-12)20(21)22/h4-9H,3,10-11H2,1-2H3,(H2,17,18,19). The molecule has 0 bridgehead atoms. The predicted octanol–water partition coefficient (Wildman–Crippen LogP) is 3.08. The first kappa shape index (κ1) is 17.0. The van der Waals surface area contributed by atoms with Gasteiger partial charge in [-0.05, 0) is 24.1 Å². The van der Waals surface area contributed by atoms with E-state index >= 15 is 0 Å². The molecule has 1 aromatic heterocycles. The van der Waals surface area contributed by atoms with Crippen molar-refractivity contribution in [2.75, 3.05) is 7.05 Å². The summed E-state index contributed by atoms with van der Waals surface area (Å²) in [5.41, 5.74) is 0.935. The summed E-state index contributed by atoms with van der Waals surface area (Å²) in [4.78, 5) is 17.2. The molecule has 0 atom stereocenters. The van der Waals surface area contributed by atoms with Crippen molar-refractivity contribution in [1.82, 2.24) is 10.6 Å². The highest BCUT2D eigenvalue weighted by Crippen LogP contribution is 2.16. The summed E-state index contributed by atoms with van der Waals surface area (Å²) in [6.45, 7) is 3.33. The van der Waals surface area contributed by atoms with Gasteiger partial charge in [-0.2, -0.15) is 0 Å². The van der Waals surface area contributed by atoms with Gasteiger partial charge in [0.25, 0.3) is 5.69 Å². The van der Waals surface area contributed by atoms with Crippen LogP contribution in [-0.4, -0.2) is 17.9 Å². The Morgan fingerprint density at radius 2 is 1.96 bits per heavy atom. The maximum Gasteiger partial charge on any atom is 0.269 e. The van der Waals surface area contributed by atoms with Crippen LogP contribution in [-0.2, 0) is 19.5 Å². The number of guanidine groups is 1. The second kappa shape index (κ2) is 8.28. The maximum atomic E-state index is 10.8. The van der Waals surface area contributed by atoms with Gasteiger partial charge in [0.2, 0.25) is 0 Å². The summed E-state index contributed by atoms with van der Waals surface area (Å²) < 4.78 is 0. The Labute approximate surface area is 139 Å². The monoisotopic (exact) mass is 332 g/mol. The van der Waals surface area contributed by atoms with Crippen molar-refractivity contribution < 1.29 is 4.92 Å². The topological polar surface area (TPSA) is 79.6 Å². The Morgan fingerprint density at radius 3 is 2.61 bits per heavy atom. The molecule has 1 aromatic carbocycles. The molecule has 0 radical (unpaired) electrons. The molecule has 122 valence electrons. The fourth-order valence-corrected chi connectivity index (χ4v) is 2.96. The van der Waals surface area contributed by atoms with Crippen molar-refractivity contribution in [2.45, 2.75) is 26.4 Å². The molecule has 0 aliphatic heterocycles. The van der Waals surface area contributed by atoms with E-state index in [9.17, 15) is 10.1 Å². The van der Waals surface area contributed by atoms with Crippen LogP contribution in [0.25, 0.3) is 0 Å². The summed E-state index contributed by atoms with van der Waals surface area (Å²) in [6.07, 6.45) is 1.05. The van der Waals surface area contributed by atoms with Crippen molar-refractivity contribution in [3.63, 3.8) is 0 Å². The molecule has 0 aliphatic rings. The quantitative estimate of drug-likeness (QED) is 0.369. The van der Waals surface area contributed by atoms with Crippen LogP contribution >= 0.6 is 11.3 Å². The first-order chi connectivity index (χ1) is 11.1. The Kier molecular flexibility index (Phi) is 6.10. The number of non-ortho nitro benzene ring substituents is 1. The van der Waals surface area contributed by atoms with Crippen LogP contribution in [0.15, 0.2) is 41.4 Å². The number of aliphatic imine (C=N–C) groups is 1. The van der Waals surface area contributed by atoms with Crippen LogP contribution in [0.2, 0.25) is 0 Å². The number of nitro benzene ring substituents is 1. The zero-order valence-corrected chi connectivity index (χ0v) is 14.0. The molecular formula is C16H20N4O2S. The van der Waals surface area contributed by atoms with E-state index in [-0.39, 0.29) is 5.69 Å². The van der Waals surface area contributed by atoms with Gasteiger partial charge in [0.15, 0.2) is 5.96 Å². The van der Waals surface area contributed by atoms with Gasteiger partial charge < -0.3 is 10.6 Å². The Morgan fingerprint density at radius 1 is 1.22 bits per heavy atom. The Hall–Kier alpha value is -2.41. The average molecular weight is 332 g/mol. The number of nitrogens with one attached hydrogen (secondary N) is 2. The van der Waals surface area contributed by atoms with Gasteiger partial charge >= 0.3 is 0 Å². The highest BCUT2D eigenvalue weighted by atomic mass is 32.1. The molecule has 2 N–H and O–H groups in total. The largest absolute Gasteiger partial charge is 0.352 e. The van der Waals surface area contributed by atoms with Crippen molar-refractivity contribution in [3.05, 3.63) is 61.8 Å². The number of thiophene rings is 1. The fraction of sp³-hybridized carbons (Fsp3) is 0.312. The number of nitrogens with zero attached hydrogens (tertiary/aromatic N) is 2. The summed E-state index contributed by atoms with van der Waals surface area (Å²) in [5, 5.41) is 17.2. The van der Waals surface area contributed by atoms with Gasteiger partial charge in [-0.1, -0.05) is 19.1 Å². The minimum Gasteiger partial charge on any atom is -0.352 e. The lowest BCUT2D eigenvalue weighted by Gasteiger charge is -2.11. The SMILES string of the molecule is CCc1ccc(CNC(=NC)NCc2cccc([N+](=O)[O-])c2)s1. The zero-order chi connectivity index (χ0) is 16.7. The number of rotatable bonds is 6. The molecule has 1 heterocycles. The van der Waals surface area contributed by atoms with Crippen molar-refractivity contribution in [3.8, 4) is 0 Å². The Balaban J connectivity index is 1.87. The number of nitro groups is 1. The lowest BCUT2D eigenvalue weighted by molar-refractivity contribution is -0.384. The summed E-state index contributed by atoms with van der Waals surface area (Å²) >= 11 is 1.78. The first-order valence-corrected chi connectivity index (χ1v) is 8.19. The minimum absolute atomic E-state index is 0.0953. The molecule has 7 heteroatoms. The number of hydrogen-bond donors (Lipinski definition) is 2. The van der Waals surface area contributed by atoms with E-state index in [2.05, 4.69) is 34.7 Å². The smallest absolute Gasteiger partial charge is 0.269 e. The molecule has 0 saturated carbocycles. The first-order valence-electron chi connectivity index (χ1n) is 7.37. The number of aryl methyl sites for hydroxylation is 1. The van der Waals surface area contributed by atoms with Crippen LogP contribution in [0, 0.1) is 10.1 Å². The molecule has 6 nitrogen and oxygen atoms in total. The zero-order valence-electron chi connectivity index (χ0n) is 13.2. The molecule has 0 saturated heterocycles. The summed E-state index contributed by atoms with van der Waals surface area (Å²) in [5.74, 6) is 0.669. The fourth-order valence-electron chi connectivity index (χ4n) is 2.06. The van der Waals surface area contributed by atoms with Gasteiger partial charge in [0.05, 0.1) is 11.5 Å². The van der Waals surface area contributed by atoms with Crippen LogP contribution in [0.1, 0.15) is 22.2 Å². The third-order valence-corrected chi connectivity index (χ3v) is 4.53. The van der Waals surface area contributed by atoms with E-state index in [1.807, 2.05) is 6.07 Å². The van der Waals surface area contributed by atoms with E-state index in [1.54, 1.807) is 30.5 Å².